The Bertz CT molecular complexity index is 460. The third kappa shape index (κ3) is 2.78. The topological polar surface area (TPSA) is 54.0 Å². The first-order valence-electron chi connectivity index (χ1n) is 7.21. The molecule has 1 aliphatic heterocycles. The van der Waals surface area contributed by atoms with Crippen molar-refractivity contribution in [3.05, 3.63) is 24.0 Å². The number of aromatic nitrogens is 1. The number of aryl methyl sites for hydroxylation is 1. The fraction of sp³-hybridized carbons (Fsp3) is 0.600. The van der Waals surface area contributed by atoms with Gasteiger partial charge in [0.15, 0.2) is 0 Å². The Hall–Kier alpha value is -1.42. The van der Waals surface area contributed by atoms with Gasteiger partial charge in [0.25, 0.3) is 0 Å². The number of nitrogens with zero attached hydrogens (tertiary/aromatic N) is 1. The molecule has 3 unspecified atom stereocenters. The number of fused-ring (bicyclic) bond motifs is 1. The van der Waals surface area contributed by atoms with Crippen molar-refractivity contribution >= 4 is 11.6 Å². The van der Waals surface area contributed by atoms with Gasteiger partial charge in [0.05, 0.1) is 17.9 Å². The van der Waals surface area contributed by atoms with Gasteiger partial charge in [-0.25, -0.2) is 0 Å². The molecule has 1 aliphatic carbocycles. The largest absolute Gasteiger partial charge is 0.323 e. The molecule has 102 valence electrons. The van der Waals surface area contributed by atoms with E-state index in [0.29, 0.717) is 12.0 Å². The third-order valence-electron chi connectivity index (χ3n) is 4.32. The van der Waals surface area contributed by atoms with Crippen molar-refractivity contribution in [2.45, 2.75) is 51.1 Å². The summed E-state index contributed by atoms with van der Waals surface area (Å²) in [5.74, 6) is 0.780. The Morgan fingerprint density at radius 2 is 2.21 bits per heavy atom. The molecule has 0 aromatic carbocycles. The molecule has 1 aromatic rings. The molecule has 2 aliphatic rings. The van der Waals surface area contributed by atoms with Crippen LogP contribution in [0.1, 0.15) is 37.7 Å². The minimum Gasteiger partial charge on any atom is -0.323 e. The first kappa shape index (κ1) is 12.6. The van der Waals surface area contributed by atoms with E-state index >= 15 is 0 Å². The van der Waals surface area contributed by atoms with E-state index in [4.69, 9.17) is 0 Å². The molecule has 2 N–H and O–H groups in total. The highest BCUT2D eigenvalue weighted by Gasteiger charge is 2.38. The Labute approximate surface area is 114 Å². The summed E-state index contributed by atoms with van der Waals surface area (Å²) in [7, 11) is 0. The highest BCUT2D eigenvalue weighted by atomic mass is 16.2. The average Bonchev–Trinajstić information content (AvgIpc) is 2.82. The zero-order chi connectivity index (χ0) is 13.2. The molecule has 0 radical (unpaired) electrons. The van der Waals surface area contributed by atoms with Gasteiger partial charge in [0.2, 0.25) is 5.91 Å². The second-order valence-electron chi connectivity index (χ2n) is 5.85. The highest BCUT2D eigenvalue weighted by molar-refractivity contribution is 5.95. The van der Waals surface area contributed by atoms with Gasteiger partial charge in [-0.15, -0.1) is 0 Å². The third-order valence-corrected chi connectivity index (χ3v) is 4.32. The van der Waals surface area contributed by atoms with Crippen molar-refractivity contribution in [1.29, 1.82) is 0 Å². The number of rotatable bonds is 2. The number of hydrogen-bond donors (Lipinski definition) is 2. The number of carbonyl (C=O) groups excluding carboxylic acids is 1. The first-order chi connectivity index (χ1) is 9.22. The molecule has 1 saturated carbocycles. The molecule has 1 aromatic heterocycles. The number of amides is 1. The van der Waals surface area contributed by atoms with Crippen LogP contribution < -0.4 is 10.6 Å². The summed E-state index contributed by atoms with van der Waals surface area (Å²) in [6.07, 6.45) is 9.58. The second-order valence-corrected chi connectivity index (χ2v) is 5.85. The lowest BCUT2D eigenvalue weighted by Crippen LogP contribution is -2.39. The maximum Gasteiger partial charge on any atom is 0.241 e. The molecule has 2 fully saturated rings. The maximum atomic E-state index is 12.3. The molecular weight excluding hydrogens is 238 g/mol. The van der Waals surface area contributed by atoms with Crippen molar-refractivity contribution in [3.8, 4) is 0 Å². The Balaban J connectivity index is 1.62. The minimum atomic E-state index is -0.0337. The van der Waals surface area contributed by atoms with E-state index in [1.165, 1.54) is 25.7 Å². The van der Waals surface area contributed by atoms with Crippen LogP contribution in [0.15, 0.2) is 18.5 Å². The lowest BCUT2D eigenvalue weighted by molar-refractivity contribution is -0.117. The molecule has 1 amide bonds. The average molecular weight is 259 g/mol. The molecule has 0 spiro atoms. The fourth-order valence-electron chi connectivity index (χ4n) is 3.37. The Morgan fingerprint density at radius 3 is 3.00 bits per heavy atom. The van der Waals surface area contributed by atoms with E-state index < -0.39 is 0 Å². The predicted octanol–water partition coefficient (Wildman–Crippen LogP) is 2.25. The van der Waals surface area contributed by atoms with E-state index in [1.54, 1.807) is 12.4 Å². The van der Waals surface area contributed by atoms with Gasteiger partial charge >= 0.3 is 0 Å². The van der Waals surface area contributed by atoms with Crippen molar-refractivity contribution in [2.75, 3.05) is 5.32 Å². The molecule has 2 heterocycles. The van der Waals surface area contributed by atoms with Crippen LogP contribution in [0.4, 0.5) is 5.69 Å². The van der Waals surface area contributed by atoms with Gasteiger partial charge in [0, 0.05) is 12.2 Å². The summed E-state index contributed by atoms with van der Waals surface area (Å²) in [4.78, 5) is 16.4. The summed E-state index contributed by atoms with van der Waals surface area (Å²) >= 11 is 0. The molecule has 3 atom stereocenters. The molecule has 0 bridgehead atoms. The smallest absolute Gasteiger partial charge is 0.241 e. The van der Waals surface area contributed by atoms with E-state index in [2.05, 4.69) is 15.6 Å². The van der Waals surface area contributed by atoms with Gasteiger partial charge < -0.3 is 10.6 Å². The summed E-state index contributed by atoms with van der Waals surface area (Å²) in [6.45, 7) is 1.98. The molecule has 3 rings (SSSR count). The van der Waals surface area contributed by atoms with Crippen molar-refractivity contribution in [3.63, 3.8) is 0 Å². The van der Waals surface area contributed by atoms with Crippen molar-refractivity contribution < 1.29 is 4.79 Å². The first-order valence-corrected chi connectivity index (χ1v) is 7.21. The van der Waals surface area contributed by atoms with E-state index in [0.717, 1.165) is 17.7 Å². The van der Waals surface area contributed by atoms with E-state index in [-0.39, 0.29) is 11.9 Å². The van der Waals surface area contributed by atoms with Crippen LogP contribution in [-0.2, 0) is 4.79 Å². The van der Waals surface area contributed by atoms with Gasteiger partial charge in [-0.1, -0.05) is 12.8 Å². The number of anilines is 1. The standard InChI is InChI=1S/C15H21N3O/c1-10-6-12(9-16-8-10)17-15(19)14-7-11-4-2-3-5-13(11)18-14/h6,8-9,11,13-14,18H,2-5,7H2,1H3,(H,17,19). The van der Waals surface area contributed by atoms with E-state index in [9.17, 15) is 4.79 Å². The number of carbonyl (C=O) groups is 1. The summed E-state index contributed by atoms with van der Waals surface area (Å²) in [6, 6.07) is 2.47. The summed E-state index contributed by atoms with van der Waals surface area (Å²) < 4.78 is 0. The second kappa shape index (κ2) is 5.29. The van der Waals surface area contributed by atoms with Crippen LogP contribution in [0.25, 0.3) is 0 Å². The van der Waals surface area contributed by atoms with Gasteiger partial charge in [-0.3, -0.25) is 9.78 Å². The summed E-state index contributed by atoms with van der Waals surface area (Å²) in [5.41, 5.74) is 1.85. The van der Waals surface area contributed by atoms with Gasteiger partial charge in [0.1, 0.15) is 0 Å². The molecule has 4 heteroatoms. The predicted molar refractivity (Wildman–Crippen MR) is 74.9 cm³/mol. The van der Waals surface area contributed by atoms with E-state index in [1.807, 2.05) is 13.0 Å². The molecule has 1 saturated heterocycles. The molecular formula is C15H21N3O. The van der Waals surface area contributed by atoms with Crippen LogP contribution in [0.5, 0.6) is 0 Å². The summed E-state index contributed by atoms with van der Waals surface area (Å²) in [5, 5.41) is 6.47. The zero-order valence-electron chi connectivity index (χ0n) is 11.4. The lowest BCUT2D eigenvalue weighted by atomic mass is 9.85. The zero-order valence-corrected chi connectivity index (χ0v) is 11.4. The lowest BCUT2D eigenvalue weighted by Gasteiger charge is -2.24. The van der Waals surface area contributed by atoms with Crippen LogP contribution in [0, 0.1) is 12.8 Å². The van der Waals surface area contributed by atoms with Crippen LogP contribution in [0.2, 0.25) is 0 Å². The van der Waals surface area contributed by atoms with Crippen LogP contribution in [0.3, 0.4) is 0 Å². The molecule has 4 nitrogen and oxygen atoms in total. The normalized spacial score (nSPS) is 29.8. The minimum absolute atomic E-state index is 0.0337. The highest BCUT2D eigenvalue weighted by Crippen LogP contribution is 2.33. The SMILES string of the molecule is Cc1cncc(NC(=O)C2CC3CCCCC3N2)c1. The Kier molecular flexibility index (Phi) is 3.51. The van der Waals surface area contributed by atoms with Crippen molar-refractivity contribution in [1.82, 2.24) is 10.3 Å². The quantitative estimate of drug-likeness (QED) is 0.856. The fourth-order valence-corrected chi connectivity index (χ4v) is 3.37. The van der Waals surface area contributed by atoms with Crippen LogP contribution in [-0.4, -0.2) is 23.0 Å². The Morgan fingerprint density at radius 1 is 1.37 bits per heavy atom. The number of pyridine rings is 1. The van der Waals surface area contributed by atoms with Crippen LogP contribution >= 0.6 is 0 Å². The monoisotopic (exact) mass is 259 g/mol. The maximum absolute atomic E-state index is 12.3. The van der Waals surface area contributed by atoms with Crippen molar-refractivity contribution in [2.24, 2.45) is 5.92 Å². The molecule has 19 heavy (non-hydrogen) atoms. The number of hydrogen-bond acceptors (Lipinski definition) is 3. The number of nitrogens with one attached hydrogen (secondary N) is 2. The van der Waals surface area contributed by atoms with Gasteiger partial charge in [-0.05, 0) is 43.7 Å². The van der Waals surface area contributed by atoms with Gasteiger partial charge in [-0.2, -0.15) is 0 Å².